The van der Waals surface area contributed by atoms with Crippen LogP contribution in [0.4, 0.5) is 4.79 Å². The van der Waals surface area contributed by atoms with Gasteiger partial charge in [0.05, 0.1) is 18.5 Å². The first kappa shape index (κ1) is 25.3. The SMILES string of the molecule is C=CCN(C(=O)OCc1ccccc1)[C@H](CC#N)[C@H](OCOC)[C@H](C=C)OCOC. The van der Waals surface area contributed by atoms with E-state index in [-0.39, 0.29) is 33.2 Å². The molecule has 0 saturated carbocycles. The predicted molar refractivity (Wildman–Crippen MR) is 111 cm³/mol. The van der Waals surface area contributed by atoms with Crippen LogP contribution in [-0.2, 0) is 30.3 Å². The van der Waals surface area contributed by atoms with Gasteiger partial charge in [-0.15, -0.1) is 13.2 Å². The summed E-state index contributed by atoms with van der Waals surface area (Å²) in [4.78, 5) is 14.3. The van der Waals surface area contributed by atoms with Gasteiger partial charge in [-0.25, -0.2) is 4.79 Å². The highest BCUT2D eigenvalue weighted by Crippen LogP contribution is 2.20. The van der Waals surface area contributed by atoms with Crippen molar-refractivity contribution in [3.05, 3.63) is 61.2 Å². The first-order valence-electron chi connectivity index (χ1n) is 9.41. The number of carbonyl (C=O) groups excluding carboxylic acids is 1. The maximum absolute atomic E-state index is 12.9. The van der Waals surface area contributed by atoms with Crippen LogP contribution >= 0.6 is 0 Å². The van der Waals surface area contributed by atoms with Crippen LogP contribution in [0.5, 0.6) is 0 Å². The molecule has 8 nitrogen and oxygen atoms in total. The smallest absolute Gasteiger partial charge is 0.410 e. The van der Waals surface area contributed by atoms with E-state index >= 15 is 0 Å². The molecular weight excluding hydrogens is 388 g/mol. The van der Waals surface area contributed by atoms with Gasteiger partial charge < -0.3 is 23.7 Å². The van der Waals surface area contributed by atoms with Crippen LogP contribution in [0.25, 0.3) is 0 Å². The molecule has 0 radical (unpaired) electrons. The standard InChI is InChI=1S/C22H30N2O6/c1-5-14-24(22(25)28-15-18-10-8-7-9-11-18)19(12-13-23)21(30-17-27-4)20(6-2)29-16-26-3/h5-11,19-21H,1-2,12,14-17H2,3-4H3/t19-,20+,21+/m1/s1. The lowest BCUT2D eigenvalue weighted by Gasteiger charge is -2.37. The average Bonchev–Trinajstić information content (AvgIpc) is 2.77. The minimum Gasteiger partial charge on any atom is -0.445 e. The van der Waals surface area contributed by atoms with E-state index in [1.807, 2.05) is 30.3 Å². The summed E-state index contributed by atoms with van der Waals surface area (Å²) in [6.07, 6.45) is 1.06. The normalized spacial score (nSPS) is 13.5. The van der Waals surface area contributed by atoms with Crippen LogP contribution in [-0.4, -0.2) is 63.6 Å². The Morgan fingerprint density at radius 2 is 1.83 bits per heavy atom. The lowest BCUT2D eigenvalue weighted by Crippen LogP contribution is -2.52. The average molecular weight is 418 g/mol. The van der Waals surface area contributed by atoms with Crippen molar-refractivity contribution in [1.29, 1.82) is 5.26 Å². The number of rotatable bonds is 15. The number of benzene rings is 1. The molecule has 0 aliphatic rings. The number of nitrogens with zero attached hydrogens (tertiary/aromatic N) is 2. The van der Waals surface area contributed by atoms with E-state index in [1.165, 1.54) is 25.2 Å². The molecule has 0 aliphatic heterocycles. The molecule has 0 bridgehead atoms. The topological polar surface area (TPSA) is 90.3 Å². The second-order valence-corrected chi connectivity index (χ2v) is 6.22. The van der Waals surface area contributed by atoms with Crippen molar-refractivity contribution in [2.75, 3.05) is 34.4 Å². The fraction of sp³-hybridized carbons (Fsp3) is 0.455. The highest BCUT2D eigenvalue weighted by molar-refractivity contribution is 5.68. The van der Waals surface area contributed by atoms with Crippen LogP contribution in [0.3, 0.4) is 0 Å². The van der Waals surface area contributed by atoms with Crippen LogP contribution in [0.15, 0.2) is 55.6 Å². The summed E-state index contributed by atoms with van der Waals surface area (Å²) in [6.45, 7) is 7.66. The zero-order chi connectivity index (χ0) is 22.2. The van der Waals surface area contributed by atoms with E-state index in [0.29, 0.717) is 0 Å². The second kappa shape index (κ2) is 15.2. The summed E-state index contributed by atoms with van der Waals surface area (Å²) in [5.74, 6) is 0. The molecular formula is C22H30N2O6. The van der Waals surface area contributed by atoms with Crippen molar-refractivity contribution in [1.82, 2.24) is 4.90 Å². The Morgan fingerprint density at radius 1 is 1.17 bits per heavy atom. The number of nitriles is 1. The van der Waals surface area contributed by atoms with E-state index in [4.69, 9.17) is 23.7 Å². The van der Waals surface area contributed by atoms with Gasteiger partial charge in [-0.05, 0) is 5.56 Å². The summed E-state index contributed by atoms with van der Waals surface area (Å²) in [7, 11) is 2.97. The fourth-order valence-electron chi connectivity index (χ4n) is 2.80. The first-order chi connectivity index (χ1) is 14.6. The lowest BCUT2D eigenvalue weighted by atomic mass is 10.0. The number of methoxy groups -OCH3 is 2. The number of amides is 1. The highest BCUT2D eigenvalue weighted by atomic mass is 16.7. The number of hydrogen-bond donors (Lipinski definition) is 0. The molecule has 0 aromatic heterocycles. The molecule has 30 heavy (non-hydrogen) atoms. The molecule has 0 saturated heterocycles. The minimum absolute atomic E-state index is 0.0112. The number of ether oxygens (including phenoxy) is 5. The first-order valence-corrected chi connectivity index (χ1v) is 9.41. The van der Waals surface area contributed by atoms with Crippen LogP contribution in [0.1, 0.15) is 12.0 Å². The van der Waals surface area contributed by atoms with Crippen molar-refractivity contribution in [2.24, 2.45) is 0 Å². The highest BCUT2D eigenvalue weighted by Gasteiger charge is 2.36. The maximum Gasteiger partial charge on any atom is 0.410 e. The van der Waals surface area contributed by atoms with E-state index in [2.05, 4.69) is 19.2 Å². The Labute approximate surface area is 178 Å². The molecule has 3 atom stereocenters. The van der Waals surface area contributed by atoms with Gasteiger partial charge in [-0.3, -0.25) is 4.90 Å². The van der Waals surface area contributed by atoms with Gasteiger partial charge in [0.15, 0.2) is 0 Å². The Kier molecular flexibility index (Phi) is 12.8. The predicted octanol–water partition coefficient (Wildman–Crippen LogP) is 3.26. The Morgan fingerprint density at radius 3 is 2.40 bits per heavy atom. The summed E-state index contributed by atoms with van der Waals surface area (Å²) in [5.41, 5.74) is 0.848. The third kappa shape index (κ3) is 8.35. The molecule has 1 aromatic rings. The lowest BCUT2D eigenvalue weighted by molar-refractivity contribution is -0.160. The Bertz CT molecular complexity index is 676. The zero-order valence-electron chi connectivity index (χ0n) is 17.6. The molecule has 0 fully saturated rings. The Balaban J connectivity index is 3.09. The van der Waals surface area contributed by atoms with Gasteiger partial charge in [0.1, 0.15) is 32.4 Å². The molecule has 164 valence electrons. The van der Waals surface area contributed by atoms with Gasteiger partial charge in [0.2, 0.25) is 0 Å². The Hall–Kier alpha value is -2.70. The molecule has 0 unspecified atom stereocenters. The van der Waals surface area contributed by atoms with Crippen molar-refractivity contribution in [3.63, 3.8) is 0 Å². The summed E-state index contributed by atoms with van der Waals surface area (Å²) < 4.78 is 26.9. The molecule has 1 amide bonds. The van der Waals surface area contributed by atoms with Crippen molar-refractivity contribution < 1.29 is 28.5 Å². The quantitative estimate of drug-likeness (QED) is 0.319. The van der Waals surface area contributed by atoms with Gasteiger partial charge in [0, 0.05) is 20.8 Å². The summed E-state index contributed by atoms with van der Waals surface area (Å²) >= 11 is 0. The molecule has 0 spiro atoms. The van der Waals surface area contributed by atoms with Gasteiger partial charge in [0.25, 0.3) is 0 Å². The minimum atomic E-state index is -0.749. The fourth-order valence-corrected chi connectivity index (χ4v) is 2.80. The van der Waals surface area contributed by atoms with Gasteiger partial charge in [-0.1, -0.05) is 42.5 Å². The van der Waals surface area contributed by atoms with Crippen molar-refractivity contribution in [2.45, 2.75) is 31.3 Å². The zero-order valence-corrected chi connectivity index (χ0v) is 17.6. The number of carbonyl (C=O) groups is 1. The largest absolute Gasteiger partial charge is 0.445 e. The van der Waals surface area contributed by atoms with Gasteiger partial charge in [-0.2, -0.15) is 5.26 Å². The van der Waals surface area contributed by atoms with E-state index in [1.54, 1.807) is 6.08 Å². The van der Waals surface area contributed by atoms with Crippen molar-refractivity contribution in [3.8, 4) is 6.07 Å². The van der Waals surface area contributed by atoms with Crippen LogP contribution < -0.4 is 0 Å². The van der Waals surface area contributed by atoms with Crippen molar-refractivity contribution >= 4 is 6.09 Å². The van der Waals surface area contributed by atoms with Crippen LogP contribution in [0.2, 0.25) is 0 Å². The molecule has 0 aliphatic carbocycles. The third-order valence-electron chi connectivity index (χ3n) is 4.16. The third-order valence-corrected chi connectivity index (χ3v) is 4.16. The van der Waals surface area contributed by atoms with E-state index in [9.17, 15) is 10.1 Å². The monoisotopic (exact) mass is 418 g/mol. The molecule has 1 rings (SSSR count). The second-order valence-electron chi connectivity index (χ2n) is 6.22. The van der Waals surface area contributed by atoms with E-state index in [0.717, 1.165) is 5.56 Å². The van der Waals surface area contributed by atoms with E-state index < -0.39 is 24.3 Å². The summed E-state index contributed by atoms with van der Waals surface area (Å²) in [5, 5.41) is 9.42. The van der Waals surface area contributed by atoms with Gasteiger partial charge >= 0.3 is 6.09 Å². The molecule has 0 N–H and O–H groups in total. The number of hydrogen-bond acceptors (Lipinski definition) is 7. The molecule has 1 aromatic carbocycles. The summed E-state index contributed by atoms with van der Waals surface area (Å²) in [6, 6.07) is 10.7. The maximum atomic E-state index is 12.9. The molecule has 0 heterocycles. The van der Waals surface area contributed by atoms with Crippen LogP contribution in [0, 0.1) is 11.3 Å². The molecule has 8 heteroatoms.